The lowest BCUT2D eigenvalue weighted by molar-refractivity contribution is 0.0603. The topological polar surface area (TPSA) is 85.7 Å². The molecule has 4 aromatic rings. The molecule has 4 rings (SSSR count). The quantitative estimate of drug-likeness (QED) is 0.380. The van der Waals surface area contributed by atoms with Gasteiger partial charge in [0.15, 0.2) is 0 Å². The number of aryl methyl sites for hydroxylation is 2. The smallest absolute Gasteiger partial charge is 0.340 e. The van der Waals surface area contributed by atoms with E-state index in [0.29, 0.717) is 16.6 Å². The first-order chi connectivity index (χ1) is 16.2. The minimum absolute atomic E-state index is 0.0783. The second-order valence-corrected chi connectivity index (χ2v) is 9.85. The summed E-state index contributed by atoms with van der Waals surface area (Å²) in [7, 11) is -2.78. The zero-order chi connectivity index (χ0) is 24.5. The van der Waals surface area contributed by atoms with Crippen molar-refractivity contribution >= 4 is 38.5 Å². The molecule has 34 heavy (non-hydrogen) atoms. The van der Waals surface area contributed by atoms with E-state index in [9.17, 15) is 18.0 Å². The molecule has 0 aliphatic rings. The molecule has 0 radical (unpaired) electrons. The van der Waals surface area contributed by atoms with Crippen LogP contribution in [0.3, 0.4) is 0 Å². The van der Waals surface area contributed by atoms with Gasteiger partial charge in [-0.05, 0) is 55.3 Å². The number of carbonyl (C=O) groups is 2. The van der Waals surface area contributed by atoms with Gasteiger partial charge < -0.3 is 4.74 Å². The first-order valence-electron chi connectivity index (χ1n) is 10.6. The number of esters is 1. The lowest BCUT2D eigenvalue weighted by Crippen LogP contribution is -2.37. The fourth-order valence-corrected chi connectivity index (χ4v) is 5.41. The molecular formula is C26H24N2O5S. The van der Waals surface area contributed by atoms with Crippen molar-refractivity contribution in [1.29, 1.82) is 0 Å². The Bertz CT molecular complexity index is 1470. The Labute approximate surface area is 198 Å². The number of fused-ring (bicyclic) bond motifs is 1. The molecule has 0 saturated heterocycles. The van der Waals surface area contributed by atoms with E-state index in [0.717, 1.165) is 15.4 Å². The minimum atomic E-state index is -4.05. The molecule has 8 heteroatoms. The number of carbonyl (C=O) groups excluding carboxylic acids is 2. The van der Waals surface area contributed by atoms with E-state index in [1.54, 1.807) is 54.6 Å². The van der Waals surface area contributed by atoms with Crippen LogP contribution in [0.1, 0.15) is 26.3 Å². The number of rotatable bonds is 6. The summed E-state index contributed by atoms with van der Waals surface area (Å²) >= 11 is 0. The molecule has 0 amide bonds. The summed E-state index contributed by atoms with van der Waals surface area (Å²) < 4.78 is 34.5. The van der Waals surface area contributed by atoms with E-state index >= 15 is 0 Å². The van der Waals surface area contributed by atoms with Gasteiger partial charge in [0.2, 0.25) is 0 Å². The highest BCUT2D eigenvalue weighted by molar-refractivity contribution is 7.92. The number of aromatic nitrogens is 1. The van der Waals surface area contributed by atoms with Crippen LogP contribution in [0.5, 0.6) is 0 Å². The normalized spacial score (nSPS) is 11.4. The van der Waals surface area contributed by atoms with Gasteiger partial charge in [-0.2, -0.15) is 0 Å². The lowest BCUT2D eigenvalue weighted by Gasteiger charge is -2.25. The summed E-state index contributed by atoms with van der Waals surface area (Å²) in [5, 5.41) is 0.548. The third-order valence-corrected chi connectivity index (χ3v) is 7.28. The molecule has 0 N–H and O–H groups in total. The molecule has 0 saturated carbocycles. The molecular weight excluding hydrogens is 452 g/mol. The average molecular weight is 477 g/mol. The van der Waals surface area contributed by atoms with Gasteiger partial charge in [0.1, 0.15) is 6.54 Å². The van der Waals surface area contributed by atoms with Crippen LogP contribution in [-0.4, -0.2) is 38.5 Å². The molecule has 1 aromatic heterocycles. The number of anilines is 1. The largest absolute Gasteiger partial charge is 0.465 e. The summed E-state index contributed by atoms with van der Waals surface area (Å²) in [6, 6.07) is 20.3. The number of methoxy groups -OCH3 is 1. The van der Waals surface area contributed by atoms with Crippen molar-refractivity contribution in [2.24, 2.45) is 0 Å². The van der Waals surface area contributed by atoms with Crippen molar-refractivity contribution in [2.45, 2.75) is 18.7 Å². The molecule has 0 aliphatic heterocycles. The molecule has 0 unspecified atom stereocenters. The maximum Gasteiger partial charge on any atom is 0.340 e. The van der Waals surface area contributed by atoms with Gasteiger partial charge in [0.25, 0.3) is 15.9 Å². The molecule has 3 aromatic carbocycles. The standard InChI is InChI=1S/C26H24N2O5S/c1-18-13-19(2)15-20(14-18)28(34(31,32)21-9-5-4-6-10-21)17-25(29)27-16-23(26(30)33-3)22-11-7-8-12-24(22)27/h4-16H,17H2,1-3H3. The van der Waals surface area contributed by atoms with Gasteiger partial charge in [-0.15, -0.1) is 0 Å². The van der Waals surface area contributed by atoms with Crippen molar-refractivity contribution < 1.29 is 22.7 Å². The maximum absolute atomic E-state index is 13.6. The summed E-state index contributed by atoms with van der Waals surface area (Å²) in [4.78, 5) is 25.9. The minimum Gasteiger partial charge on any atom is -0.465 e. The highest BCUT2D eigenvalue weighted by atomic mass is 32.2. The lowest BCUT2D eigenvalue weighted by atomic mass is 10.1. The van der Waals surface area contributed by atoms with Crippen LogP contribution in [0.2, 0.25) is 0 Å². The van der Waals surface area contributed by atoms with Crippen molar-refractivity contribution in [3.05, 3.63) is 95.7 Å². The van der Waals surface area contributed by atoms with Gasteiger partial charge in [-0.25, -0.2) is 13.2 Å². The first kappa shape index (κ1) is 23.3. The molecule has 0 atom stereocenters. The maximum atomic E-state index is 13.6. The third-order valence-electron chi connectivity index (χ3n) is 5.49. The Morgan fingerprint density at radius 1 is 0.912 bits per heavy atom. The highest BCUT2D eigenvalue weighted by Crippen LogP contribution is 2.27. The number of sulfonamides is 1. The highest BCUT2D eigenvalue weighted by Gasteiger charge is 2.29. The average Bonchev–Trinajstić information content (AvgIpc) is 3.21. The van der Waals surface area contributed by atoms with Crippen molar-refractivity contribution in [2.75, 3.05) is 18.0 Å². The van der Waals surface area contributed by atoms with Crippen molar-refractivity contribution in [3.63, 3.8) is 0 Å². The molecule has 0 bridgehead atoms. The third kappa shape index (κ3) is 4.32. The van der Waals surface area contributed by atoms with Crippen LogP contribution in [-0.2, 0) is 14.8 Å². The van der Waals surface area contributed by atoms with Crippen LogP contribution < -0.4 is 4.31 Å². The predicted molar refractivity (Wildman–Crippen MR) is 131 cm³/mol. The molecule has 0 fully saturated rings. The summed E-state index contributed by atoms with van der Waals surface area (Å²) in [5.74, 6) is -1.09. The number of hydrogen-bond acceptors (Lipinski definition) is 5. The summed E-state index contributed by atoms with van der Waals surface area (Å²) in [6.07, 6.45) is 1.40. The second-order valence-electron chi connectivity index (χ2n) is 7.99. The summed E-state index contributed by atoms with van der Waals surface area (Å²) in [6.45, 7) is 3.28. The first-order valence-corrected chi connectivity index (χ1v) is 12.0. The Hall–Kier alpha value is -3.91. The van der Waals surface area contributed by atoms with Crippen LogP contribution >= 0.6 is 0 Å². The fraction of sp³-hybridized carbons (Fsp3) is 0.154. The van der Waals surface area contributed by atoms with E-state index < -0.39 is 28.4 Å². The zero-order valence-electron chi connectivity index (χ0n) is 19.1. The molecule has 174 valence electrons. The summed E-state index contributed by atoms with van der Waals surface area (Å²) in [5.41, 5.74) is 2.85. The second kappa shape index (κ2) is 9.15. The van der Waals surface area contributed by atoms with E-state index in [1.165, 1.54) is 30.0 Å². The number of nitrogens with zero attached hydrogens (tertiary/aromatic N) is 2. The Morgan fingerprint density at radius 2 is 1.53 bits per heavy atom. The van der Waals surface area contributed by atoms with Crippen LogP contribution in [0.25, 0.3) is 10.9 Å². The Morgan fingerprint density at radius 3 is 2.18 bits per heavy atom. The molecule has 0 spiro atoms. The van der Waals surface area contributed by atoms with Gasteiger partial charge >= 0.3 is 5.97 Å². The molecule has 0 aliphatic carbocycles. The fourth-order valence-electron chi connectivity index (χ4n) is 3.99. The van der Waals surface area contributed by atoms with Gasteiger partial charge in [-0.3, -0.25) is 13.7 Å². The number of benzene rings is 3. The SMILES string of the molecule is COC(=O)c1cn(C(=O)CN(c2cc(C)cc(C)c2)S(=O)(=O)c2ccccc2)c2ccccc12. The van der Waals surface area contributed by atoms with Gasteiger partial charge in [0.05, 0.1) is 28.8 Å². The van der Waals surface area contributed by atoms with Crippen molar-refractivity contribution in [1.82, 2.24) is 4.57 Å². The van der Waals surface area contributed by atoms with Crippen LogP contribution in [0.4, 0.5) is 5.69 Å². The number of hydrogen-bond donors (Lipinski definition) is 0. The predicted octanol–water partition coefficient (Wildman–Crippen LogP) is 4.58. The van der Waals surface area contributed by atoms with E-state index in [4.69, 9.17) is 4.74 Å². The number of para-hydroxylation sites is 1. The van der Waals surface area contributed by atoms with Gasteiger partial charge in [0, 0.05) is 11.6 Å². The van der Waals surface area contributed by atoms with Gasteiger partial charge in [-0.1, -0.05) is 42.5 Å². The van der Waals surface area contributed by atoms with E-state index in [1.807, 2.05) is 19.9 Å². The zero-order valence-corrected chi connectivity index (χ0v) is 19.9. The number of ether oxygens (including phenoxy) is 1. The van der Waals surface area contributed by atoms with Crippen LogP contribution in [0, 0.1) is 13.8 Å². The van der Waals surface area contributed by atoms with E-state index in [-0.39, 0.29) is 10.5 Å². The van der Waals surface area contributed by atoms with Crippen LogP contribution in [0.15, 0.2) is 83.9 Å². The Kier molecular flexibility index (Phi) is 6.26. The monoisotopic (exact) mass is 476 g/mol. The van der Waals surface area contributed by atoms with Crippen molar-refractivity contribution in [3.8, 4) is 0 Å². The van der Waals surface area contributed by atoms with E-state index in [2.05, 4.69) is 0 Å². The molecule has 7 nitrogen and oxygen atoms in total. The Balaban J connectivity index is 1.83. The molecule has 1 heterocycles.